The molecule has 1 aliphatic heterocycles. The molecule has 0 saturated carbocycles. The second-order valence-corrected chi connectivity index (χ2v) is 12.1. The average molecular weight is 536 g/mol. The van der Waals surface area contributed by atoms with E-state index in [4.69, 9.17) is 4.52 Å². The maximum Gasteiger partial charge on any atom is 0.248 e. The van der Waals surface area contributed by atoms with E-state index >= 15 is 0 Å². The second kappa shape index (κ2) is 11.3. The molecule has 3 aromatic rings. The standard InChI is InChI=1S/C30H37N3O4S/c1-7-24-10-8-9-20(3)28(24)31-30(34)25-13-15-33(16-14-25)38(35,36)29-23(6)32-37-27(29)12-11-26-21(4)17-19(2)18-22(26)5/h8-12,17-18,25H,7,13-16H2,1-6H3,(H,31,34)/b12-11+. The van der Waals surface area contributed by atoms with E-state index in [9.17, 15) is 13.2 Å². The van der Waals surface area contributed by atoms with Crippen LogP contribution < -0.4 is 5.32 Å². The molecule has 1 aliphatic rings. The van der Waals surface area contributed by atoms with Crippen molar-refractivity contribution in [1.82, 2.24) is 9.46 Å². The van der Waals surface area contributed by atoms with Crippen LogP contribution >= 0.6 is 0 Å². The SMILES string of the molecule is CCc1cccc(C)c1NC(=O)C1CCN(S(=O)(=O)c2c(C)noc2/C=C/c2c(C)cc(C)cc2C)CC1. The summed E-state index contributed by atoms with van der Waals surface area (Å²) in [5.74, 6) is -0.0887. The van der Waals surface area contributed by atoms with E-state index in [0.717, 1.165) is 39.9 Å². The van der Waals surface area contributed by atoms with Crippen LogP contribution in [0.25, 0.3) is 12.2 Å². The lowest BCUT2D eigenvalue weighted by atomic mass is 9.96. The summed E-state index contributed by atoms with van der Waals surface area (Å²) in [7, 11) is -3.84. The van der Waals surface area contributed by atoms with Gasteiger partial charge in [0, 0.05) is 24.7 Å². The summed E-state index contributed by atoms with van der Waals surface area (Å²) in [4.78, 5) is 13.2. The molecule has 8 heteroatoms. The first kappa shape index (κ1) is 27.8. The van der Waals surface area contributed by atoms with Crippen LogP contribution in [0.1, 0.15) is 64.6 Å². The zero-order valence-electron chi connectivity index (χ0n) is 23.1. The van der Waals surface area contributed by atoms with Gasteiger partial charge in [-0.25, -0.2) is 8.42 Å². The van der Waals surface area contributed by atoms with Crippen molar-refractivity contribution in [2.45, 2.75) is 65.7 Å². The maximum atomic E-state index is 13.7. The van der Waals surface area contributed by atoms with Crippen molar-refractivity contribution in [3.8, 4) is 0 Å². The summed E-state index contributed by atoms with van der Waals surface area (Å²) >= 11 is 0. The lowest BCUT2D eigenvalue weighted by Gasteiger charge is -2.30. The normalized spacial score (nSPS) is 15.3. The summed E-state index contributed by atoms with van der Waals surface area (Å²) in [6.45, 7) is 12.3. The van der Waals surface area contributed by atoms with Gasteiger partial charge in [0.15, 0.2) is 10.7 Å². The third-order valence-corrected chi connectivity index (χ3v) is 9.44. The number of aryl methyl sites for hydroxylation is 6. The molecule has 0 unspecified atom stereocenters. The van der Waals surface area contributed by atoms with Crippen molar-refractivity contribution in [2.24, 2.45) is 5.92 Å². The van der Waals surface area contributed by atoms with Gasteiger partial charge >= 0.3 is 0 Å². The Hall–Kier alpha value is -3.23. The third kappa shape index (κ3) is 5.61. The summed E-state index contributed by atoms with van der Waals surface area (Å²) in [5.41, 5.74) is 7.74. The van der Waals surface area contributed by atoms with Gasteiger partial charge in [0.1, 0.15) is 5.69 Å². The van der Waals surface area contributed by atoms with Gasteiger partial charge in [0.25, 0.3) is 0 Å². The Bertz CT molecular complexity index is 1460. The van der Waals surface area contributed by atoms with Crippen LogP contribution in [0, 0.1) is 40.5 Å². The number of hydrogen-bond acceptors (Lipinski definition) is 5. The summed E-state index contributed by atoms with van der Waals surface area (Å²) in [6, 6.07) is 10.2. The highest BCUT2D eigenvalue weighted by atomic mass is 32.2. The number of carbonyl (C=O) groups excluding carboxylic acids is 1. The van der Waals surface area contributed by atoms with Crippen molar-refractivity contribution in [3.05, 3.63) is 75.2 Å². The first-order chi connectivity index (χ1) is 18.0. The van der Waals surface area contributed by atoms with Crippen LogP contribution in [-0.2, 0) is 21.2 Å². The van der Waals surface area contributed by atoms with E-state index in [1.807, 2.05) is 45.0 Å². The molecule has 1 amide bonds. The number of aromatic nitrogens is 1. The Kier molecular flexibility index (Phi) is 8.23. The van der Waals surface area contributed by atoms with Crippen molar-refractivity contribution in [2.75, 3.05) is 18.4 Å². The molecule has 1 aromatic heterocycles. The van der Waals surface area contributed by atoms with Crippen LogP contribution in [-0.4, -0.2) is 36.9 Å². The molecule has 38 heavy (non-hydrogen) atoms. The number of rotatable bonds is 7. The van der Waals surface area contributed by atoms with Gasteiger partial charge in [-0.3, -0.25) is 4.79 Å². The Morgan fingerprint density at radius 1 is 1.05 bits per heavy atom. The summed E-state index contributed by atoms with van der Waals surface area (Å²) in [5, 5.41) is 7.07. The van der Waals surface area contributed by atoms with E-state index in [-0.39, 0.29) is 35.6 Å². The van der Waals surface area contributed by atoms with Crippen molar-refractivity contribution in [3.63, 3.8) is 0 Å². The number of benzene rings is 2. The summed E-state index contributed by atoms with van der Waals surface area (Å²) in [6.07, 6.45) is 5.30. The van der Waals surface area contributed by atoms with Crippen molar-refractivity contribution < 1.29 is 17.7 Å². The molecule has 0 bridgehead atoms. The van der Waals surface area contributed by atoms with Crippen LogP contribution in [0.15, 0.2) is 39.8 Å². The average Bonchev–Trinajstić information content (AvgIpc) is 3.25. The number of sulfonamides is 1. The van der Waals surface area contributed by atoms with Crippen LogP contribution in [0.4, 0.5) is 5.69 Å². The highest BCUT2D eigenvalue weighted by molar-refractivity contribution is 7.89. The number of amides is 1. The smallest absolute Gasteiger partial charge is 0.248 e. The van der Waals surface area contributed by atoms with Crippen molar-refractivity contribution >= 4 is 33.8 Å². The quantitative estimate of drug-likeness (QED) is 0.401. The van der Waals surface area contributed by atoms with Gasteiger partial charge < -0.3 is 9.84 Å². The number of para-hydroxylation sites is 1. The zero-order valence-corrected chi connectivity index (χ0v) is 23.9. The highest BCUT2D eigenvalue weighted by Gasteiger charge is 2.36. The molecule has 202 valence electrons. The molecular weight excluding hydrogens is 498 g/mol. The molecule has 1 N–H and O–H groups in total. The van der Waals surface area contributed by atoms with Crippen LogP contribution in [0.3, 0.4) is 0 Å². The van der Waals surface area contributed by atoms with Gasteiger partial charge in [0.05, 0.1) is 0 Å². The van der Waals surface area contributed by atoms with E-state index in [1.54, 1.807) is 13.0 Å². The van der Waals surface area contributed by atoms with Gasteiger partial charge in [-0.05, 0) is 87.8 Å². The van der Waals surface area contributed by atoms with E-state index in [0.29, 0.717) is 18.5 Å². The van der Waals surface area contributed by atoms with Gasteiger partial charge in [-0.1, -0.05) is 54.1 Å². The highest BCUT2D eigenvalue weighted by Crippen LogP contribution is 2.31. The number of nitrogens with zero attached hydrogens (tertiary/aromatic N) is 2. The predicted octanol–water partition coefficient (Wildman–Crippen LogP) is 5.99. The van der Waals surface area contributed by atoms with Crippen molar-refractivity contribution in [1.29, 1.82) is 0 Å². The number of hydrogen-bond donors (Lipinski definition) is 1. The molecule has 1 saturated heterocycles. The number of piperidine rings is 1. The molecule has 4 rings (SSSR count). The molecule has 2 heterocycles. The molecule has 1 fully saturated rings. The number of nitrogens with one attached hydrogen (secondary N) is 1. The molecule has 2 aromatic carbocycles. The van der Waals surface area contributed by atoms with Gasteiger partial charge in [-0.2, -0.15) is 4.31 Å². The fourth-order valence-electron chi connectivity index (χ4n) is 5.33. The lowest BCUT2D eigenvalue weighted by molar-refractivity contribution is -0.120. The minimum Gasteiger partial charge on any atom is -0.355 e. The van der Waals surface area contributed by atoms with Crippen LogP contribution in [0.2, 0.25) is 0 Å². The maximum absolute atomic E-state index is 13.7. The first-order valence-corrected chi connectivity index (χ1v) is 14.6. The minimum absolute atomic E-state index is 0.0559. The lowest BCUT2D eigenvalue weighted by Crippen LogP contribution is -2.41. The number of anilines is 1. The Morgan fingerprint density at radius 2 is 1.71 bits per heavy atom. The van der Waals surface area contributed by atoms with Gasteiger partial charge in [0.2, 0.25) is 15.9 Å². The minimum atomic E-state index is -3.84. The Morgan fingerprint density at radius 3 is 2.34 bits per heavy atom. The first-order valence-electron chi connectivity index (χ1n) is 13.1. The largest absolute Gasteiger partial charge is 0.355 e. The molecule has 0 atom stereocenters. The molecular formula is C30H37N3O4S. The zero-order chi connectivity index (χ0) is 27.6. The molecule has 7 nitrogen and oxygen atoms in total. The summed E-state index contributed by atoms with van der Waals surface area (Å²) < 4.78 is 34.2. The van der Waals surface area contributed by atoms with Crippen LogP contribution in [0.5, 0.6) is 0 Å². The molecule has 0 radical (unpaired) electrons. The monoisotopic (exact) mass is 535 g/mol. The number of carbonyl (C=O) groups is 1. The Balaban J connectivity index is 1.49. The third-order valence-electron chi connectivity index (χ3n) is 7.38. The Labute approximate surface area is 226 Å². The fourth-order valence-corrected chi connectivity index (χ4v) is 7.05. The predicted molar refractivity (Wildman–Crippen MR) is 151 cm³/mol. The van der Waals surface area contributed by atoms with E-state index in [1.165, 1.54) is 9.87 Å². The van der Waals surface area contributed by atoms with E-state index in [2.05, 4.69) is 36.5 Å². The second-order valence-electron chi connectivity index (χ2n) is 10.2. The topological polar surface area (TPSA) is 92.5 Å². The van der Waals surface area contributed by atoms with E-state index < -0.39 is 10.0 Å². The van der Waals surface area contributed by atoms with Gasteiger partial charge in [-0.15, -0.1) is 0 Å². The molecule has 0 aliphatic carbocycles. The fraction of sp³-hybridized carbons (Fsp3) is 0.400. The molecule has 0 spiro atoms.